The van der Waals surface area contributed by atoms with E-state index >= 15 is 0 Å². The van der Waals surface area contributed by atoms with Crippen LogP contribution in [0.3, 0.4) is 0 Å². The molecule has 9 heteroatoms. The zero-order valence-corrected chi connectivity index (χ0v) is 17.8. The Labute approximate surface area is 183 Å². The van der Waals surface area contributed by atoms with Gasteiger partial charge in [-0.25, -0.2) is 9.07 Å². The second kappa shape index (κ2) is 9.95. The molecule has 32 heavy (non-hydrogen) atoms. The summed E-state index contributed by atoms with van der Waals surface area (Å²) >= 11 is 0. The molecule has 0 radical (unpaired) electrons. The van der Waals surface area contributed by atoms with Crippen LogP contribution in [0, 0.1) is 5.82 Å². The maximum absolute atomic E-state index is 14.1. The fourth-order valence-electron chi connectivity index (χ4n) is 3.44. The minimum Gasteiger partial charge on any atom is -0.348 e. The van der Waals surface area contributed by atoms with Gasteiger partial charge < -0.3 is 5.32 Å². The molecule has 0 saturated heterocycles. The second-order valence-corrected chi connectivity index (χ2v) is 7.18. The Morgan fingerprint density at radius 1 is 1.03 bits per heavy atom. The van der Waals surface area contributed by atoms with E-state index in [-0.39, 0.29) is 12.2 Å². The Kier molecular flexibility index (Phi) is 7.29. The van der Waals surface area contributed by atoms with Crippen molar-refractivity contribution >= 4 is 5.91 Å². The SMILES string of the molecule is CCN(CC)Cc1ccccc1CNC(=O)c1cnn(-c2ccccc2F)c1C(F)(F)F. The number of hydrogen-bond donors (Lipinski definition) is 1. The molecule has 3 rings (SSSR count). The van der Waals surface area contributed by atoms with E-state index in [9.17, 15) is 22.4 Å². The Morgan fingerprint density at radius 3 is 2.28 bits per heavy atom. The first-order chi connectivity index (χ1) is 15.3. The Morgan fingerprint density at radius 2 is 1.66 bits per heavy atom. The molecule has 1 N–H and O–H groups in total. The minimum atomic E-state index is -4.91. The number of nitrogens with zero attached hydrogens (tertiary/aromatic N) is 3. The minimum absolute atomic E-state index is 0.0540. The van der Waals surface area contributed by atoms with Gasteiger partial charge in [0.15, 0.2) is 5.69 Å². The summed E-state index contributed by atoms with van der Waals surface area (Å²) in [5, 5.41) is 6.21. The van der Waals surface area contributed by atoms with Crippen LogP contribution >= 0.6 is 0 Å². The van der Waals surface area contributed by atoms with Crippen LogP contribution in [0.1, 0.15) is 41.0 Å². The van der Waals surface area contributed by atoms with E-state index in [2.05, 4.69) is 15.3 Å². The average molecular weight is 448 g/mol. The number of carbonyl (C=O) groups excluding carboxylic acids is 1. The van der Waals surface area contributed by atoms with Gasteiger partial charge in [0.2, 0.25) is 0 Å². The normalized spacial score (nSPS) is 11.7. The van der Waals surface area contributed by atoms with E-state index in [4.69, 9.17) is 0 Å². The van der Waals surface area contributed by atoms with E-state index in [1.165, 1.54) is 18.2 Å². The summed E-state index contributed by atoms with van der Waals surface area (Å²) in [6.07, 6.45) is -4.10. The van der Waals surface area contributed by atoms with Crippen molar-refractivity contribution in [3.05, 3.63) is 82.9 Å². The first kappa shape index (κ1) is 23.5. The Balaban J connectivity index is 1.87. The molecular weight excluding hydrogens is 424 g/mol. The first-order valence-corrected chi connectivity index (χ1v) is 10.2. The second-order valence-electron chi connectivity index (χ2n) is 7.18. The number of aromatic nitrogens is 2. The van der Waals surface area contributed by atoms with Gasteiger partial charge in [0, 0.05) is 13.1 Å². The van der Waals surface area contributed by atoms with E-state index < -0.39 is 29.2 Å². The van der Waals surface area contributed by atoms with Crippen LogP contribution in [0.4, 0.5) is 17.6 Å². The molecule has 0 saturated carbocycles. The number of halogens is 4. The number of nitrogens with one attached hydrogen (secondary N) is 1. The molecule has 0 unspecified atom stereocenters. The quantitative estimate of drug-likeness (QED) is 0.504. The third-order valence-corrected chi connectivity index (χ3v) is 5.21. The fourth-order valence-corrected chi connectivity index (χ4v) is 3.44. The molecule has 0 spiro atoms. The van der Waals surface area contributed by atoms with Crippen molar-refractivity contribution in [2.45, 2.75) is 33.1 Å². The van der Waals surface area contributed by atoms with Gasteiger partial charge in [0.05, 0.1) is 11.8 Å². The Hall–Kier alpha value is -3.20. The highest BCUT2D eigenvalue weighted by molar-refractivity contribution is 5.95. The lowest BCUT2D eigenvalue weighted by atomic mass is 10.1. The van der Waals surface area contributed by atoms with Crippen molar-refractivity contribution < 1.29 is 22.4 Å². The van der Waals surface area contributed by atoms with Gasteiger partial charge >= 0.3 is 6.18 Å². The summed E-state index contributed by atoms with van der Waals surface area (Å²) in [5.41, 5.74) is -0.584. The Bertz CT molecular complexity index is 1070. The van der Waals surface area contributed by atoms with Gasteiger partial charge in [-0.2, -0.15) is 18.3 Å². The van der Waals surface area contributed by atoms with Crippen molar-refractivity contribution in [1.29, 1.82) is 0 Å². The maximum Gasteiger partial charge on any atom is 0.434 e. The third-order valence-electron chi connectivity index (χ3n) is 5.21. The van der Waals surface area contributed by atoms with Gasteiger partial charge in [-0.15, -0.1) is 0 Å². The molecule has 1 aromatic heterocycles. The molecule has 2 aromatic carbocycles. The number of alkyl halides is 3. The van der Waals surface area contributed by atoms with Gasteiger partial charge in [0.25, 0.3) is 5.91 Å². The lowest BCUT2D eigenvalue weighted by Gasteiger charge is -2.20. The van der Waals surface area contributed by atoms with Crippen LogP contribution in [0.15, 0.2) is 54.7 Å². The van der Waals surface area contributed by atoms with E-state index in [0.29, 0.717) is 11.2 Å². The van der Waals surface area contributed by atoms with Crippen molar-refractivity contribution in [2.24, 2.45) is 0 Å². The summed E-state index contributed by atoms with van der Waals surface area (Å²) in [6.45, 7) is 6.50. The molecule has 5 nitrogen and oxygen atoms in total. The van der Waals surface area contributed by atoms with Crippen LogP contribution in [-0.4, -0.2) is 33.7 Å². The molecule has 1 heterocycles. The van der Waals surface area contributed by atoms with Gasteiger partial charge in [-0.05, 0) is 36.3 Å². The van der Waals surface area contributed by atoms with Crippen LogP contribution in [0.5, 0.6) is 0 Å². The van der Waals surface area contributed by atoms with Crippen molar-refractivity contribution in [2.75, 3.05) is 13.1 Å². The number of carbonyl (C=O) groups is 1. The van der Waals surface area contributed by atoms with E-state index in [0.717, 1.165) is 36.5 Å². The molecular formula is C23H24F4N4O. The van der Waals surface area contributed by atoms with Gasteiger partial charge in [-0.1, -0.05) is 50.2 Å². The van der Waals surface area contributed by atoms with Crippen molar-refractivity contribution in [1.82, 2.24) is 20.0 Å². The number of rotatable bonds is 8. The first-order valence-electron chi connectivity index (χ1n) is 10.2. The monoisotopic (exact) mass is 448 g/mol. The average Bonchev–Trinajstić information content (AvgIpc) is 3.22. The lowest BCUT2D eigenvalue weighted by molar-refractivity contribution is -0.143. The predicted molar refractivity (Wildman–Crippen MR) is 113 cm³/mol. The summed E-state index contributed by atoms with van der Waals surface area (Å²) in [4.78, 5) is 14.9. The van der Waals surface area contributed by atoms with E-state index in [1.807, 2.05) is 38.1 Å². The summed E-state index contributed by atoms with van der Waals surface area (Å²) in [7, 11) is 0. The highest BCUT2D eigenvalue weighted by Crippen LogP contribution is 2.34. The molecule has 0 atom stereocenters. The maximum atomic E-state index is 14.1. The summed E-state index contributed by atoms with van der Waals surface area (Å²) in [5.74, 6) is -1.81. The zero-order chi connectivity index (χ0) is 23.3. The lowest BCUT2D eigenvalue weighted by Crippen LogP contribution is -2.28. The van der Waals surface area contributed by atoms with Crippen LogP contribution in [0.25, 0.3) is 5.69 Å². The molecule has 0 aliphatic rings. The molecule has 170 valence electrons. The molecule has 0 aliphatic carbocycles. The highest BCUT2D eigenvalue weighted by Gasteiger charge is 2.41. The van der Waals surface area contributed by atoms with E-state index in [1.54, 1.807) is 0 Å². The number of para-hydroxylation sites is 1. The summed E-state index contributed by atoms with van der Waals surface area (Å²) in [6, 6.07) is 12.4. The number of amides is 1. The number of hydrogen-bond acceptors (Lipinski definition) is 3. The van der Waals surface area contributed by atoms with Crippen LogP contribution < -0.4 is 5.32 Å². The zero-order valence-electron chi connectivity index (χ0n) is 17.8. The van der Waals surface area contributed by atoms with Crippen molar-refractivity contribution in [3.63, 3.8) is 0 Å². The molecule has 0 bridgehead atoms. The van der Waals surface area contributed by atoms with Gasteiger partial charge in [-0.3, -0.25) is 9.69 Å². The third kappa shape index (κ3) is 5.16. The molecule has 3 aromatic rings. The van der Waals surface area contributed by atoms with Crippen LogP contribution in [0.2, 0.25) is 0 Å². The fraction of sp³-hybridized carbons (Fsp3) is 0.304. The standard InChI is InChI=1S/C23H24F4N4O/c1-3-30(4-2)15-17-10-6-5-9-16(17)13-28-22(32)18-14-29-31(21(18)23(25,26)27)20-12-8-7-11-19(20)24/h5-12,14H,3-4,13,15H2,1-2H3,(H,28,32). The smallest absolute Gasteiger partial charge is 0.348 e. The largest absolute Gasteiger partial charge is 0.434 e. The summed E-state index contributed by atoms with van der Waals surface area (Å²) < 4.78 is 55.9. The van der Waals surface area contributed by atoms with Crippen LogP contribution in [-0.2, 0) is 19.3 Å². The number of benzene rings is 2. The predicted octanol–water partition coefficient (Wildman–Crippen LogP) is 4.80. The topological polar surface area (TPSA) is 50.2 Å². The highest BCUT2D eigenvalue weighted by atomic mass is 19.4. The molecule has 1 amide bonds. The molecule has 0 fully saturated rings. The van der Waals surface area contributed by atoms with Crippen molar-refractivity contribution in [3.8, 4) is 5.69 Å². The van der Waals surface area contributed by atoms with Gasteiger partial charge in [0.1, 0.15) is 11.5 Å². The molecule has 0 aliphatic heterocycles.